The van der Waals surface area contributed by atoms with Crippen LogP contribution in [0.4, 0.5) is 11.6 Å². The van der Waals surface area contributed by atoms with Crippen LogP contribution in [0.1, 0.15) is 6.92 Å². The average molecular weight is 330 g/mol. The van der Waals surface area contributed by atoms with E-state index in [1.807, 2.05) is 42.6 Å². The molecular weight excluding hydrogens is 314 g/mol. The van der Waals surface area contributed by atoms with E-state index in [0.717, 1.165) is 16.8 Å². The number of carbonyl (C=O) groups is 1. The van der Waals surface area contributed by atoms with Crippen LogP contribution in [0.15, 0.2) is 42.6 Å². The largest absolute Gasteiger partial charge is 0.293 e. The zero-order chi connectivity index (χ0) is 16.4. The molecule has 1 amide bonds. The number of amides is 1. The first kappa shape index (κ1) is 15.2. The predicted molar refractivity (Wildman–Crippen MR) is 91.7 cm³/mol. The Hall–Kier alpha value is -2.74. The first-order chi connectivity index (χ1) is 11.0. The summed E-state index contributed by atoms with van der Waals surface area (Å²) in [7, 11) is -1.46. The quantitative estimate of drug-likeness (QED) is 0.566. The number of nitrogens with zero attached hydrogens (tertiary/aromatic N) is 3. The summed E-state index contributed by atoms with van der Waals surface area (Å²) in [5.74, 6) is 0.0571. The van der Waals surface area contributed by atoms with Crippen molar-refractivity contribution in [3.05, 3.63) is 42.6 Å². The Morgan fingerprint density at radius 2 is 2.04 bits per heavy atom. The van der Waals surface area contributed by atoms with Gasteiger partial charge >= 0.3 is 0 Å². The van der Waals surface area contributed by atoms with E-state index in [1.54, 1.807) is 10.8 Å². The van der Waals surface area contributed by atoms with Gasteiger partial charge in [-0.15, -0.1) is 5.10 Å². The van der Waals surface area contributed by atoms with E-state index in [0.29, 0.717) is 5.65 Å². The topological polar surface area (TPSA) is 88.4 Å². The highest BCUT2D eigenvalue weighted by Gasteiger charge is 2.07. The third kappa shape index (κ3) is 3.54. The van der Waals surface area contributed by atoms with E-state index in [2.05, 4.69) is 20.1 Å². The van der Waals surface area contributed by atoms with Gasteiger partial charge in [-0.05, 0) is 29.8 Å². The van der Waals surface area contributed by atoms with E-state index in [4.69, 9.17) is 0 Å². The van der Waals surface area contributed by atoms with E-state index in [1.165, 1.54) is 6.92 Å². The van der Waals surface area contributed by atoms with Crippen molar-refractivity contribution in [2.75, 3.05) is 16.3 Å². The molecule has 0 aliphatic heterocycles. The van der Waals surface area contributed by atoms with Gasteiger partial charge in [0, 0.05) is 18.7 Å². The Bertz CT molecular complexity index is 906. The van der Waals surface area contributed by atoms with Crippen LogP contribution in [0, 0.1) is 0 Å². The van der Waals surface area contributed by atoms with Gasteiger partial charge in [0.1, 0.15) is 6.26 Å². The maximum Gasteiger partial charge on any atom is 0.249 e. The van der Waals surface area contributed by atoms with Crippen molar-refractivity contribution in [3.8, 4) is 11.1 Å². The number of rotatable bonds is 4. The summed E-state index contributed by atoms with van der Waals surface area (Å²) in [6.07, 6.45) is 3.45. The zero-order valence-corrected chi connectivity index (χ0v) is 13.5. The molecule has 0 spiro atoms. The van der Waals surface area contributed by atoms with Gasteiger partial charge in [-0.25, -0.2) is 9.24 Å². The molecule has 0 aliphatic carbocycles. The van der Waals surface area contributed by atoms with Crippen molar-refractivity contribution in [3.63, 3.8) is 0 Å². The number of hydrogen-bond donors (Lipinski definition) is 2. The van der Waals surface area contributed by atoms with Crippen LogP contribution >= 0.6 is 0 Å². The fourth-order valence-electron chi connectivity index (χ4n) is 2.21. The molecule has 1 aromatic carbocycles. The fourth-order valence-corrected chi connectivity index (χ4v) is 2.72. The predicted octanol–water partition coefficient (Wildman–Crippen LogP) is 2.01. The van der Waals surface area contributed by atoms with Crippen LogP contribution in [-0.4, -0.2) is 26.8 Å². The second-order valence-corrected chi connectivity index (χ2v) is 6.25. The van der Waals surface area contributed by atoms with Gasteiger partial charge in [0.2, 0.25) is 11.9 Å². The van der Waals surface area contributed by atoms with Crippen LogP contribution in [0.25, 0.3) is 16.8 Å². The van der Waals surface area contributed by atoms with Gasteiger partial charge in [-0.2, -0.15) is 4.98 Å². The molecule has 0 radical (unpaired) electrons. The SMILES string of the molecule is CC(=O)Nc1nc2ccc(-c3cccc(N[SH+](C)=O)c3)cn2n1. The van der Waals surface area contributed by atoms with Gasteiger partial charge in [-0.3, -0.25) is 10.1 Å². The van der Waals surface area contributed by atoms with E-state index >= 15 is 0 Å². The second kappa shape index (κ2) is 6.17. The lowest BCUT2D eigenvalue weighted by atomic mass is 10.1. The number of aromatic nitrogens is 3. The highest BCUT2D eigenvalue weighted by molar-refractivity contribution is 7.85. The number of benzene rings is 1. The van der Waals surface area contributed by atoms with Crippen molar-refractivity contribution in [2.24, 2.45) is 0 Å². The molecule has 0 fully saturated rings. The average Bonchev–Trinajstić information content (AvgIpc) is 2.87. The van der Waals surface area contributed by atoms with Crippen LogP contribution < -0.4 is 10.0 Å². The molecule has 0 saturated heterocycles. The standard InChI is InChI=1S/C15H15N5O2S/c1-10(21)16-15-17-14-7-6-12(9-20(14)18-15)11-4-3-5-13(8-11)19-23(2)22/h3-9H,1-2H3,(H,19,22)(H,16,18,21)/p+1. The van der Waals surface area contributed by atoms with Crippen molar-refractivity contribution in [1.82, 2.24) is 14.6 Å². The first-order valence-corrected chi connectivity index (χ1v) is 8.64. The highest BCUT2D eigenvalue weighted by atomic mass is 32.2. The zero-order valence-electron chi connectivity index (χ0n) is 12.6. The molecule has 1 atom stereocenters. The number of nitrogens with one attached hydrogen (secondary N) is 2. The minimum Gasteiger partial charge on any atom is -0.293 e. The summed E-state index contributed by atoms with van der Waals surface area (Å²) in [4.78, 5) is 15.3. The second-order valence-electron chi connectivity index (χ2n) is 5.03. The molecule has 118 valence electrons. The van der Waals surface area contributed by atoms with Crippen LogP contribution in [0.2, 0.25) is 0 Å². The number of thiol groups is 1. The van der Waals surface area contributed by atoms with Gasteiger partial charge in [0.25, 0.3) is 0 Å². The molecule has 7 nitrogen and oxygen atoms in total. The summed E-state index contributed by atoms with van der Waals surface area (Å²) in [6.45, 7) is 1.41. The molecule has 1 unspecified atom stereocenters. The Kier molecular flexibility index (Phi) is 4.07. The molecule has 2 N–H and O–H groups in total. The summed E-state index contributed by atoms with van der Waals surface area (Å²) in [5.41, 5.74) is 3.34. The Morgan fingerprint density at radius 3 is 2.78 bits per heavy atom. The number of fused-ring (bicyclic) bond motifs is 1. The fraction of sp³-hybridized carbons (Fsp3) is 0.133. The summed E-state index contributed by atoms with van der Waals surface area (Å²) in [6, 6.07) is 11.4. The molecule has 3 aromatic rings. The molecular formula is C15H16N5O2S+. The minimum atomic E-state index is -1.46. The molecule has 2 heterocycles. The summed E-state index contributed by atoms with van der Waals surface area (Å²) in [5, 5.41) is 6.78. The molecule has 0 bridgehead atoms. The molecule has 2 aromatic heterocycles. The smallest absolute Gasteiger partial charge is 0.249 e. The Labute approximate surface area is 135 Å². The van der Waals surface area contributed by atoms with Gasteiger partial charge < -0.3 is 0 Å². The van der Waals surface area contributed by atoms with Gasteiger partial charge in [-0.1, -0.05) is 16.3 Å². The molecule has 0 aliphatic rings. The Balaban J connectivity index is 1.96. The van der Waals surface area contributed by atoms with E-state index in [9.17, 15) is 9.00 Å². The Morgan fingerprint density at radius 1 is 1.22 bits per heavy atom. The van der Waals surface area contributed by atoms with Crippen LogP contribution in [-0.2, 0) is 20.0 Å². The third-order valence-corrected chi connectivity index (χ3v) is 3.67. The minimum absolute atomic E-state index is 0.214. The number of anilines is 2. The lowest BCUT2D eigenvalue weighted by molar-refractivity contribution is -0.114. The number of pyridine rings is 1. The van der Waals surface area contributed by atoms with Crippen LogP contribution in [0.5, 0.6) is 0 Å². The first-order valence-electron chi connectivity index (χ1n) is 6.93. The van der Waals surface area contributed by atoms with Gasteiger partial charge in [0.15, 0.2) is 16.6 Å². The maximum atomic E-state index is 11.3. The lowest BCUT2D eigenvalue weighted by Gasteiger charge is -2.04. The molecule has 3 rings (SSSR count). The van der Waals surface area contributed by atoms with E-state index in [-0.39, 0.29) is 11.9 Å². The van der Waals surface area contributed by atoms with Crippen molar-refractivity contribution in [1.29, 1.82) is 0 Å². The number of carbonyl (C=O) groups excluding carboxylic acids is 1. The lowest BCUT2D eigenvalue weighted by Crippen LogP contribution is -2.07. The van der Waals surface area contributed by atoms with Crippen molar-refractivity contribution < 1.29 is 9.00 Å². The molecule has 8 heteroatoms. The van der Waals surface area contributed by atoms with Crippen molar-refractivity contribution in [2.45, 2.75) is 6.92 Å². The molecule has 23 heavy (non-hydrogen) atoms. The van der Waals surface area contributed by atoms with Crippen LogP contribution in [0.3, 0.4) is 0 Å². The maximum absolute atomic E-state index is 11.3. The summed E-state index contributed by atoms with van der Waals surface area (Å²) < 4.78 is 15.8. The molecule has 0 saturated carbocycles. The van der Waals surface area contributed by atoms with E-state index < -0.39 is 11.0 Å². The third-order valence-electron chi connectivity index (χ3n) is 3.10. The normalized spacial score (nSPS) is 12.1. The monoisotopic (exact) mass is 330 g/mol. The highest BCUT2D eigenvalue weighted by Crippen LogP contribution is 2.23. The van der Waals surface area contributed by atoms with Crippen molar-refractivity contribution >= 4 is 34.2 Å². The number of hydrogen-bond acceptors (Lipinski definition) is 4. The summed E-state index contributed by atoms with van der Waals surface area (Å²) >= 11 is 0. The van der Waals surface area contributed by atoms with Gasteiger partial charge in [0.05, 0.1) is 5.69 Å².